The molecule has 100 valence electrons. The van der Waals surface area contributed by atoms with Crippen molar-refractivity contribution in [3.8, 4) is 5.75 Å². The number of carboxylic acid groups (broad SMARTS) is 1. The van der Waals surface area contributed by atoms with Crippen LogP contribution in [-0.2, 0) is 0 Å². The predicted octanol–water partition coefficient (Wildman–Crippen LogP) is 1.47. The summed E-state index contributed by atoms with van der Waals surface area (Å²) in [5.41, 5.74) is -3.32. The second kappa shape index (κ2) is 4.91. The van der Waals surface area contributed by atoms with Crippen molar-refractivity contribution < 1.29 is 29.4 Å². The van der Waals surface area contributed by atoms with Gasteiger partial charge in [-0.1, -0.05) is 0 Å². The number of ether oxygens (including phenoxy) is 1. The third kappa shape index (κ3) is 2.87. The lowest BCUT2D eigenvalue weighted by atomic mass is 10.2. The largest absolute Gasteiger partial charge is 0.511 e. The molecule has 0 saturated heterocycles. The highest BCUT2D eigenvalue weighted by molar-refractivity contribution is 5.72. The number of rotatable bonds is 4. The minimum Gasteiger partial charge on any atom is -0.449 e. The van der Waals surface area contributed by atoms with Crippen molar-refractivity contribution >= 4 is 23.2 Å². The molecule has 19 heavy (non-hydrogen) atoms. The molecule has 1 aromatic carbocycles. The van der Waals surface area contributed by atoms with Crippen LogP contribution in [0.1, 0.15) is 0 Å². The second-order valence-corrected chi connectivity index (χ2v) is 2.95. The first-order chi connectivity index (χ1) is 8.73. The van der Waals surface area contributed by atoms with Gasteiger partial charge >= 0.3 is 17.5 Å². The van der Waals surface area contributed by atoms with E-state index in [4.69, 9.17) is 5.11 Å². The van der Waals surface area contributed by atoms with Crippen LogP contribution in [-0.4, -0.2) is 26.0 Å². The van der Waals surface area contributed by atoms with Crippen molar-refractivity contribution in [2.75, 3.05) is 0 Å². The number of nitro groups is 3. The van der Waals surface area contributed by atoms with Crippen molar-refractivity contribution in [1.29, 1.82) is 0 Å². The highest BCUT2D eigenvalue weighted by Crippen LogP contribution is 2.40. The number of hydrogen-bond acceptors (Lipinski definition) is 8. The Kier molecular flexibility index (Phi) is 3.55. The molecule has 0 unspecified atom stereocenters. The van der Waals surface area contributed by atoms with Gasteiger partial charge in [-0.15, -0.1) is 0 Å². The van der Waals surface area contributed by atoms with E-state index in [1.54, 1.807) is 0 Å². The molecule has 0 atom stereocenters. The van der Waals surface area contributed by atoms with Crippen molar-refractivity contribution in [1.82, 2.24) is 0 Å². The Bertz CT molecular complexity index is 560. The lowest BCUT2D eigenvalue weighted by Crippen LogP contribution is -2.08. The third-order valence-corrected chi connectivity index (χ3v) is 1.83. The Morgan fingerprint density at radius 1 is 1.00 bits per heavy atom. The van der Waals surface area contributed by atoms with Crippen LogP contribution in [0, 0.1) is 30.3 Å². The molecule has 0 aromatic heterocycles. The van der Waals surface area contributed by atoms with Gasteiger partial charge in [-0.2, -0.15) is 0 Å². The summed E-state index contributed by atoms with van der Waals surface area (Å²) in [5, 5.41) is 40.1. The van der Waals surface area contributed by atoms with Crippen molar-refractivity contribution in [2.24, 2.45) is 0 Å². The molecular weight excluding hydrogens is 270 g/mol. The van der Waals surface area contributed by atoms with E-state index in [0.29, 0.717) is 12.1 Å². The molecular formula is C7H3N3O9. The maximum Gasteiger partial charge on any atom is 0.511 e. The van der Waals surface area contributed by atoms with Crippen LogP contribution >= 0.6 is 0 Å². The number of benzene rings is 1. The van der Waals surface area contributed by atoms with E-state index in [1.165, 1.54) is 0 Å². The van der Waals surface area contributed by atoms with Gasteiger partial charge in [0.15, 0.2) is 0 Å². The van der Waals surface area contributed by atoms with E-state index >= 15 is 0 Å². The fourth-order valence-electron chi connectivity index (χ4n) is 1.15. The van der Waals surface area contributed by atoms with Crippen LogP contribution in [0.25, 0.3) is 0 Å². The van der Waals surface area contributed by atoms with Crippen LogP contribution in [0.2, 0.25) is 0 Å². The monoisotopic (exact) mass is 273 g/mol. The van der Waals surface area contributed by atoms with Crippen molar-refractivity contribution in [3.05, 3.63) is 42.5 Å². The van der Waals surface area contributed by atoms with E-state index < -0.39 is 43.7 Å². The molecule has 0 radical (unpaired) electrons. The maximum absolute atomic E-state index is 10.6. The predicted molar refractivity (Wildman–Crippen MR) is 55.1 cm³/mol. The molecule has 1 aromatic rings. The van der Waals surface area contributed by atoms with Crippen molar-refractivity contribution in [3.63, 3.8) is 0 Å². The van der Waals surface area contributed by atoms with Gasteiger partial charge in [0.2, 0.25) is 0 Å². The zero-order valence-electron chi connectivity index (χ0n) is 8.71. The molecule has 0 aliphatic rings. The van der Waals surface area contributed by atoms with Gasteiger partial charge < -0.3 is 9.84 Å². The van der Waals surface area contributed by atoms with Gasteiger partial charge in [-0.05, 0) is 0 Å². The summed E-state index contributed by atoms with van der Waals surface area (Å²) < 4.78 is 3.94. The number of hydrogen-bond donors (Lipinski definition) is 1. The van der Waals surface area contributed by atoms with Crippen LogP contribution in [0.4, 0.5) is 21.9 Å². The van der Waals surface area contributed by atoms with Crippen molar-refractivity contribution in [2.45, 2.75) is 0 Å². The summed E-state index contributed by atoms with van der Waals surface area (Å²) in [5.74, 6) is -1.19. The van der Waals surface area contributed by atoms with Gasteiger partial charge in [-0.3, -0.25) is 30.3 Å². The maximum atomic E-state index is 10.6. The third-order valence-electron chi connectivity index (χ3n) is 1.83. The molecule has 1 N–H and O–H groups in total. The van der Waals surface area contributed by atoms with E-state index in [-0.39, 0.29) is 0 Å². The average Bonchev–Trinajstić information content (AvgIpc) is 2.27. The first kappa shape index (κ1) is 13.8. The van der Waals surface area contributed by atoms with Gasteiger partial charge in [0, 0.05) is 0 Å². The standard InChI is InChI=1S/C7H3N3O9/c11-7(12)19-6-4(9(15)16)1-3(8(13)14)2-5(6)10(17)18/h1-2H,(H,11,12). The lowest BCUT2D eigenvalue weighted by Gasteiger charge is -2.02. The molecule has 0 fully saturated rings. The van der Waals surface area contributed by atoms with E-state index in [2.05, 4.69) is 4.74 Å². The smallest absolute Gasteiger partial charge is 0.449 e. The van der Waals surface area contributed by atoms with Crippen LogP contribution < -0.4 is 4.74 Å². The summed E-state index contributed by atoms with van der Waals surface area (Å²) in [6, 6.07) is 0.733. The van der Waals surface area contributed by atoms with E-state index in [1.807, 2.05) is 0 Å². The highest BCUT2D eigenvalue weighted by atomic mass is 16.7. The summed E-state index contributed by atoms with van der Waals surface area (Å²) in [6.45, 7) is 0. The Morgan fingerprint density at radius 3 is 1.68 bits per heavy atom. The van der Waals surface area contributed by atoms with E-state index in [0.717, 1.165) is 0 Å². The molecule has 0 amide bonds. The quantitative estimate of drug-likeness (QED) is 0.368. The molecule has 0 bridgehead atoms. The SMILES string of the molecule is O=C(O)Oc1c([N+](=O)[O-])cc([N+](=O)[O-])cc1[N+](=O)[O-]. The van der Waals surface area contributed by atoms with Gasteiger partial charge in [-0.25, -0.2) is 4.79 Å². The Balaban J connectivity index is 3.64. The zero-order chi connectivity index (χ0) is 14.7. The van der Waals surface area contributed by atoms with Crippen LogP contribution in [0.3, 0.4) is 0 Å². The molecule has 0 spiro atoms. The van der Waals surface area contributed by atoms with Crippen LogP contribution in [0.15, 0.2) is 12.1 Å². The first-order valence-electron chi connectivity index (χ1n) is 4.26. The Labute approximate surface area is 102 Å². The molecule has 0 heterocycles. The molecule has 12 heteroatoms. The molecule has 0 aliphatic heterocycles. The van der Waals surface area contributed by atoms with Gasteiger partial charge in [0.1, 0.15) is 0 Å². The zero-order valence-corrected chi connectivity index (χ0v) is 8.71. The summed E-state index contributed by atoms with van der Waals surface area (Å²) in [6.07, 6.45) is -2.03. The number of nitrogens with zero attached hydrogens (tertiary/aromatic N) is 3. The topological polar surface area (TPSA) is 176 Å². The molecule has 0 aliphatic carbocycles. The molecule has 1 rings (SSSR count). The Morgan fingerprint density at radius 2 is 1.42 bits per heavy atom. The number of carbonyl (C=O) groups is 1. The second-order valence-electron chi connectivity index (χ2n) is 2.95. The minimum atomic E-state index is -2.03. The Hall–Kier alpha value is -3.31. The lowest BCUT2D eigenvalue weighted by molar-refractivity contribution is -0.404. The molecule has 0 saturated carbocycles. The number of nitro benzene ring substituents is 3. The molecule has 12 nitrogen and oxygen atoms in total. The minimum absolute atomic E-state index is 0.366. The average molecular weight is 273 g/mol. The summed E-state index contributed by atoms with van der Waals surface area (Å²) >= 11 is 0. The van der Waals surface area contributed by atoms with Gasteiger partial charge in [0.25, 0.3) is 11.4 Å². The highest BCUT2D eigenvalue weighted by Gasteiger charge is 2.33. The fourth-order valence-corrected chi connectivity index (χ4v) is 1.15. The van der Waals surface area contributed by atoms with Gasteiger partial charge in [0.05, 0.1) is 26.9 Å². The summed E-state index contributed by atoms with van der Waals surface area (Å²) in [7, 11) is 0. The summed E-state index contributed by atoms with van der Waals surface area (Å²) in [4.78, 5) is 38.6. The number of non-ortho nitro benzene ring substituents is 1. The van der Waals surface area contributed by atoms with Crippen LogP contribution in [0.5, 0.6) is 5.75 Å². The normalized spacial score (nSPS) is 9.68. The first-order valence-corrected chi connectivity index (χ1v) is 4.26. The fraction of sp³-hybridized carbons (Fsp3) is 0. The van der Waals surface area contributed by atoms with E-state index in [9.17, 15) is 35.1 Å².